The van der Waals surface area contributed by atoms with Crippen LogP contribution in [0.15, 0.2) is 6.33 Å². The molecule has 0 bridgehead atoms. The van der Waals surface area contributed by atoms with Crippen LogP contribution in [-0.2, 0) is 17.8 Å². The molecule has 1 aliphatic carbocycles. The molecule has 0 aliphatic heterocycles. The fraction of sp³-hybridized carbons (Fsp3) is 0.846. The van der Waals surface area contributed by atoms with Crippen LogP contribution in [0.5, 0.6) is 0 Å². The van der Waals surface area contributed by atoms with Crippen LogP contribution in [0.2, 0.25) is 0 Å². The van der Waals surface area contributed by atoms with Gasteiger partial charge in [0.25, 0.3) is 0 Å². The van der Waals surface area contributed by atoms with Gasteiger partial charge in [-0.15, -0.1) is 0 Å². The molecule has 1 saturated carbocycles. The Bertz CT molecular complexity index is 335. The van der Waals surface area contributed by atoms with E-state index in [0.717, 1.165) is 57.4 Å². The second-order valence-corrected chi connectivity index (χ2v) is 4.95. The molecule has 2 rings (SSSR count). The summed E-state index contributed by atoms with van der Waals surface area (Å²) in [5, 5.41) is 7.59. The number of hydrogen-bond donors (Lipinski definition) is 1. The molecule has 1 N–H and O–H groups in total. The van der Waals surface area contributed by atoms with Crippen molar-refractivity contribution >= 4 is 0 Å². The van der Waals surface area contributed by atoms with Crippen molar-refractivity contribution < 1.29 is 4.74 Å². The van der Waals surface area contributed by atoms with Gasteiger partial charge >= 0.3 is 0 Å². The maximum absolute atomic E-state index is 5.58. The lowest BCUT2D eigenvalue weighted by molar-refractivity contribution is 0.122. The van der Waals surface area contributed by atoms with E-state index >= 15 is 0 Å². The minimum absolute atomic E-state index is 0.794. The molecule has 1 aromatic heterocycles. The van der Waals surface area contributed by atoms with Crippen molar-refractivity contribution in [3.8, 4) is 0 Å². The third kappa shape index (κ3) is 4.74. The van der Waals surface area contributed by atoms with Crippen molar-refractivity contribution in [2.75, 3.05) is 19.8 Å². The van der Waals surface area contributed by atoms with Gasteiger partial charge in [-0.05, 0) is 38.1 Å². The van der Waals surface area contributed by atoms with Crippen LogP contribution < -0.4 is 5.32 Å². The van der Waals surface area contributed by atoms with Crippen LogP contribution in [0.25, 0.3) is 0 Å². The number of ether oxygens (including phenoxy) is 1. The Morgan fingerprint density at radius 2 is 2.39 bits per heavy atom. The van der Waals surface area contributed by atoms with Crippen LogP contribution in [0.4, 0.5) is 0 Å². The van der Waals surface area contributed by atoms with Crippen molar-refractivity contribution in [1.82, 2.24) is 20.1 Å². The third-order valence-electron chi connectivity index (χ3n) is 3.11. The van der Waals surface area contributed by atoms with E-state index in [1.165, 1.54) is 12.8 Å². The van der Waals surface area contributed by atoms with Gasteiger partial charge in [0, 0.05) is 19.8 Å². The molecule has 1 fully saturated rings. The van der Waals surface area contributed by atoms with Gasteiger partial charge < -0.3 is 10.1 Å². The fourth-order valence-electron chi connectivity index (χ4n) is 1.86. The van der Waals surface area contributed by atoms with Gasteiger partial charge in [-0.25, -0.2) is 9.67 Å². The molecule has 5 heteroatoms. The van der Waals surface area contributed by atoms with Crippen molar-refractivity contribution in [3.63, 3.8) is 0 Å². The summed E-state index contributed by atoms with van der Waals surface area (Å²) in [7, 11) is 0. The molecule has 0 spiro atoms. The normalized spacial score (nSPS) is 15.2. The third-order valence-corrected chi connectivity index (χ3v) is 3.11. The lowest BCUT2D eigenvalue weighted by Gasteiger charge is -2.06. The second kappa shape index (κ2) is 7.48. The molecule has 0 amide bonds. The first kappa shape index (κ1) is 13.5. The standard InChI is InChI=1S/C13H24N4O/c1-2-7-17-13(15-11-16-17)9-14-6-3-8-18-10-12-4-5-12/h11-12,14H,2-10H2,1H3. The summed E-state index contributed by atoms with van der Waals surface area (Å²) in [5.74, 6) is 1.89. The highest BCUT2D eigenvalue weighted by molar-refractivity contribution is 4.83. The molecular weight excluding hydrogens is 228 g/mol. The van der Waals surface area contributed by atoms with E-state index in [1.54, 1.807) is 6.33 Å². The van der Waals surface area contributed by atoms with Gasteiger partial charge in [-0.1, -0.05) is 6.92 Å². The highest BCUT2D eigenvalue weighted by atomic mass is 16.5. The topological polar surface area (TPSA) is 52.0 Å². The van der Waals surface area contributed by atoms with Crippen LogP contribution in [0, 0.1) is 5.92 Å². The summed E-state index contributed by atoms with van der Waals surface area (Å²) >= 11 is 0. The summed E-state index contributed by atoms with van der Waals surface area (Å²) < 4.78 is 7.55. The summed E-state index contributed by atoms with van der Waals surface area (Å²) in [6.45, 7) is 6.69. The molecule has 1 aliphatic rings. The fourth-order valence-corrected chi connectivity index (χ4v) is 1.86. The number of aromatic nitrogens is 3. The number of nitrogens with zero attached hydrogens (tertiary/aromatic N) is 3. The predicted molar refractivity (Wildman–Crippen MR) is 70.2 cm³/mol. The Kier molecular flexibility index (Phi) is 5.61. The Morgan fingerprint density at radius 3 is 3.17 bits per heavy atom. The van der Waals surface area contributed by atoms with Crippen LogP contribution in [-0.4, -0.2) is 34.5 Å². The Hall–Kier alpha value is -0.940. The lowest BCUT2D eigenvalue weighted by atomic mass is 10.4. The van der Waals surface area contributed by atoms with Crippen molar-refractivity contribution in [2.24, 2.45) is 5.92 Å². The second-order valence-electron chi connectivity index (χ2n) is 4.95. The Morgan fingerprint density at radius 1 is 1.50 bits per heavy atom. The van der Waals surface area contributed by atoms with Gasteiger partial charge in [-0.3, -0.25) is 0 Å². The molecular formula is C13H24N4O. The largest absolute Gasteiger partial charge is 0.381 e. The van der Waals surface area contributed by atoms with E-state index in [4.69, 9.17) is 4.74 Å². The Balaban J connectivity index is 1.49. The number of hydrogen-bond acceptors (Lipinski definition) is 4. The zero-order chi connectivity index (χ0) is 12.6. The summed E-state index contributed by atoms with van der Waals surface area (Å²) in [5.41, 5.74) is 0. The molecule has 0 saturated heterocycles. The van der Waals surface area contributed by atoms with Crippen LogP contribution in [0.3, 0.4) is 0 Å². The average Bonchev–Trinajstić information content (AvgIpc) is 3.09. The monoisotopic (exact) mass is 252 g/mol. The van der Waals surface area contributed by atoms with Crippen LogP contribution in [0.1, 0.15) is 38.4 Å². The molecule has 0 unspecified atom stereocenters. The first-order valence-corrected chi connectivity index (χ1v) is 7.05. The van der Waals surface area contributed by atoms with Gasteiger partial charge in [0.05, 0.1) is 6.54 Å². The van der Waals surface area contributed by atoms with E-state index in [1.807, 2.05) is 4.68 Å². The zero-order valence-corrected chi connectivity index (χ0v) is 11.3. The van der Waals surface area contributed by atoms with E-state index in [9.17, 15) is 0 Å². The maximum Gasteiger partial charge on any atom is 0.140 e. The molecule has 102 valence electrons. The van der Waals surface area contributed by atoms with E-state index in [0.29, 0.717) is 0 Å². The van der Waals surface area contributed by atoms with Gasteiger partial charge in [0.1, 0.15) is 12.2 Å². The summed E-state index contributed by atoms with van der Waals surface area (Å²) in [6, 6.07) is 0. The first-order chi connectivity index (χ1) is 8.90. The number of nitrogens with one attached hydrogen (secondary N) is 1. The van der Waals surface area contributed by atoms with E-state index in [-0.39, 0.29) is 0 Å². The minimum atomic E-state index is 0.794. The quantitative estimate of drug-likeness (QED) is 0.643. The smallest absolute Gasteiger partial charge is 0.140 e. The molecule has 1 aromatic rings. The van der Waals surface area contributed by atoms with Crippen molar-refractivity contribution in [3.05, 3.63) is 12.2 Å². The predicted octanol–water partition coefficient (Wildman–Crippen LogP) is 1.59. The number of rotatable bonds is 10. The SMILES string of the molecule is CCCn1ncnc1CNCCCOCC1CC1. The van der Waals surface area contributed by atoms with Gasteiger partial charge in [0.2, 0.25) is 0 Å². The lowest BCUT2D eigenvalue weighted by Crippen LogP contribution is -2.20. The summed E-state index contributed by atoms with van der Waals surface area (Å²) in [4.78, 5) is 4.26. The van der Waals surface area contributed by atoms with Crippen molar-refractivity contribution in [2.45, 2.75) is 45.7 Å². The van der Waals surface area contributed by atoms with Gasteiger partial charge in [0.15, 0.2) is 0 Å². The average molecular weight is 252 g/mol. The molecule has 1 heterocycles. The zero-order valence-electron chi connectivity index (χ0n) is 11.3. The maximum atomic E-state index is 5.58. The molecule has 5 nitrogen and oxygen atoms in total. The first-order valence-electron chi connectivity index (χ1n) is 7.05. The molecule has 0 aromatic carbocycles. The van der Waals surface area contributed by atoms with Crippen LogP contribution >= 0.6 is 0 Å². The highest BCUT2D eigenvalue weighted by Gasteiger charge is 2.20. The number of aryl methyl sites for hydroxylation is 1. The van der Waals surface area contributed by atoms with Gasteiger partial charge in [-0.2, -0.15) is 5.10 Å². The minimum Gasteiger partial charge on any atom is -0.381 e. The molecule has 0 atom stereocenters. The molecule has 0 radical (unpaired) electrons. The summed E-state index contributed by atoms with van der Waals surface area (Å²) in [6.07, 6.45) is 6.52. The van der Waals surface area contributed by atoms with E-state index < -0.39 is 0 Å². The molecule has 18 heavy (non-hydrogen) atoms. The highest BCUT2D eigenvalue weighted by Crippen LogP contribution is 2.28. The van der Waals surface area contributed by atoms with Crippen molar-refractivity contribution in [1.29, 1.82) is 0 Å². The Labute approximate surface area is 109 Å². The van der Waals surface area contributed by atoms with E-state index in [2.05, 4.69) is 22.3 Å².